The third-order valence-corrected chi connectivity index (χ3v) is 4.93. The molecule has 4 atom stereocenters. The first-order chi connectivity index (χ1) is 14.1. The highest BCUT2D eigenvalue weighted by Crippen LogP contribution is 2.22. The summed E-state index contributed by atoms with van der Waals surface area (Å²) in [6.45, 7) is 3.58. The maximum atomic E-state index is 10.7. The summed E-state index contributed by atoms with van der Waals surface area (Å²) < 4.78 is 10.0. The van der Waals surface area contributed by atoms with Gasteiger partial charge in [0.25, 0.3) is 0 Å². The Labute approximate surface area is 200 Å². The standard InChI is InChI=1S/2C11H15NO3.2ClH/c2*1-7(10(12)11(13)14)8-3-5-9(15-2)6-4-8;;/h2*3-7,10H,12H2,1-2H3,(H,13,14);2*1H/t2*7-,10-;;/m10../s1. The van der Waals surface area contributed by atoms with Crippen LogP contribution in [0.3, 0.4) is 0 Å². The largest absolute Gasteiger partial charge is 0.497 e. The molecule has 180 valence electrons. The van der Waals surface area contributed by atoms with E-state index in [0.717, 1.165) is 22.6 Å². The summed E-state index contributed by atoms with van der Waals surface area (Å²) in [6.07, 6.45) is 0. The monoisotopic (exact) mass is 490 g/mol. The summed E-state index contributed by atoms with van der Waals surface area (Å²) in [5.41, 5.74) is 12.9. The van der Waals surface area contributed by atoms with Gasteiger partial charge in [0.1, 0.15) is 23.6 Å². The van der Waals surface area contributed by atoms with Gasteiger partial charge in [0.05, 0.1) is 14.2 Å². The highest BCUT2D eigenvalue weighted by Gasteiger charge is 2.22. The van der Waals surface area contributed by atoms with Crippen molar-refractivity contribution in [3.05, 3.63) is 59.7 Å². The van der Waals surface area contributed by atoms with Crippen LogP contribution in [-0.4, -0.2) is 48.5 Å². The Morgan fingerprint density at radius 1 is 0.688 bits per heavy atom. The lowest BCUT2D eigenvalue weighted by Crippen LogP contribution is -2.35. The third kappa shape index (κ3) is 9.32. The number of carboxylic acids is 2. The number of carbonyl (C=O) groups is 2. The van der Waals surface area contributed by atoms with Crippen LogP contribution in [0, 0.1) is 0 Å². The van der Waals surface area contributed by atoms with E-state index in [1.165, 1.54) is 0 Å². The zero-order valence-electron chi connectivity index (χ0n) is 18.4. The van der Waals surface area contributed by atoms with Gasteiger partial charge < -0.3 is 31.2 Å². The Balaban J connectivity index is 0. The molecule has 0 aliphatic carbocycles. The number of ether oxygens (including phenoxy) is 2. The smallest absolute Gasteiger partial charge is 0.321 e. The number of aliphatic carboxylic acids is 2. The fraction of sp³-hybridized carbons (Fsp3) is 0.364. The summed E-state index contributed by atoms with van der Waals surface area (Å²) in [4.78, 5) is 21.4. The average molecular weight is 491 g/mol. The second-order valence-corrected chi connectivity index (χ2v) is 6.85. The minimum atomic E-state index is -0.988. The normalized spacial score (nSPS) is 13.4. The molecule has 8 nitrogen and oxygen atoms in total. The number of rotatable bonds is 8. The van der Waals surface area contributed by atoms with Crippen LogP contribution in [0.1, 0.15) is 36.8 Å². The zero-order chi connectivity index (χ0) is 22.8. The zero-order valence-corrected chi connectivity index (χ0v) is 20.1. The van der Waals surface area contributed by atoms with Gasteiger partial charge in [-0.05, 0) is 35.4 Å². The molecule has 0 spiro atoms. The Morgan fingerprint density at radius 2 is 0.938 bits per heavy atom. The van der Waals surface area contributed by atoms with E-state index in [4.69, 9.17) is 31.2 Å². The van der Waals surface area contributed by atoms with Crippen LogP contribution in [0.25, 0.3) is 0 Å². The van der Waals surface area contributed by atoms with Gasteiger partial charge in [0, 0.05) is 11.8 Å². The van der Waals surface area contributed by atoms with Gasteiger partial charge in [-0.25, -0.2) is 0 Å². The van der Waals surface area contributed by atoms with Gasteiger partial charge in [-0.1, -0.05) is 38.1 Å². The molecule has 0 aromatic heterocycles. The van der Waals surface area contributed by atoms with Crippen molar-refractivity contribution in [1.29, 1.82) is 0 Å². The van der Waals surface area contributed by atoms with Crippen LogP contribution in [0.15, 0.2) is 48.5 Å². The first kappa shape index (κ1) is 31.7. The number of hydrogen-bond acceptors (Lipinski definition) is 6. The molecule has 32 heavy (non-hydrogen) atoms. The molecule has 2 aromatic carbocycles. The van der Waals surface area contributed by atoms with Gasteiger partial charge in [-0.15, -0.1) is 24.8 Å². The van der Waals surface area contributed by atoms with Crippen molar-refractivity contribution in [2.45, 2.75) is 37.8 Å². The van der Waals surface area contributed by atoms with E-state index < -0.39 is 24.0 Å². The van der Waals surface area contributed by atoms with Crippen LogP contribution in [0.5, 0.6) is 11.5 Å². The van der Waals surface area contributed by atoms with Crippen LogP contribution in [-0.2, 0) is 9.59 Å². The molecule has 0 aliphatic rings. The Morgan fingerprint density at radius 3 is 1.12 bits per heavy atom. The van der Waals surface area contributed by atoms with Crippen molar-refractivity contribution in [1.82, 2.24) is 0 Å². The summed E-state index contributed by atoms with van der Waals surface area (Å²) in [5, 5.41) is 17.5. The Bertz CT molecular complexity index is 749. The van der Waals surface area contributed by atoms with Crippen LogP contribution in [0.2, 0.25) is 0 Å². The van der Waals surface area contributed by atoms with Crippen molar-refractivity contribution < 1.29 is 29.3 Å². The second-order valence-electron chi connectivity index (χ2n) is 6.85. The molecule has 0 bridgehead atoms. The van der Waals surface area contributed by atoms with E-state index >= 15 is 0 Å². The molecule has 0 unspecified atom stereocenters. The minimum Gasteiger partial charge on any atom is -0.497 e. The Hall–Kier alpha value is -2.52. The highest BCUT2D eigenvalue weighted by atomic mass is 35.5. The van der Waals surface area contributed by atoms with E-state index in [1.807, 2.05) is 24.3 Å². The van der Waals surface area contributed by atoms with Crippen LogP contribution in [0.4, 0.5) is 0 Å². The van der Waals surface area contributed by atoms with Gasteiger partial charge in [-0.2, -0.15) is 0 Å². The Kier molecular flexibility index (Phi) is 15.1. The van der Waals surface area contributed by atoms with Crippen molar-refractivity contribution >= 4 is 36.8 Å². The van der Waals surface area contributed by atoms with Crippen molar-refractivity contribution in [2.24, 2.45) is 11.5 Å². The van der Waals surface area contributed by atoms with Gasteiger partial charge in [0.15, 0.2) is 0 Å². The number of halogens is 2. The summed E-state index contributed by atoms with van der Waals surface area (Å²) in [7, 11) is 3.17. The molecule has 0 saturated heterocycles. The topological polar surface area (TPSA) is 145 Å². The average Bonchev–Trinajstić information content (AvgIpc) is 2.77. The van der Waals surface area contributed by atoms with Crippen LogP contribution >= 0.6 is 24.8 Å². The maximum Gasteiger partial charge on any atom is 0.321 e. The number of nitrogens with two attached hydrogens (primary N) is 2. The molecule has 0 radical (unpaired) electrons. The first-order valence-electron chi connectivity index (χ1n) is 9.37. The minimum absolute atomic E-state index is 0. The summed E-state index contributed by atoms with van der Waals surface area (Å²) >= 11 is 0. The molecule has 6 N–H and O–H groups in total. The molecule has 0 fully saturated rings. The fourth-order valence-electron chi connectivity index (χ4n) is 2.66. The molecule has 2 aromatic rings. The molecule has 0 amide bonds. The van der Waals surface area contributed by atoms with Crippen LogP contribution < -0.4 is 20.9 Å². The van der Waals surface area contributed by atoms with E-state index in [0.29, 0.717) is 0 Å². The molecule has 10 heteroatoms. The molecule has 0 aliphatic heterocycles. The number of benzene rings is 2. The van der Waals surface area contributed by atoms with Crippen molar-refractivity contribution in [3.63, 3.8) is 0 Å². The van der Waals surface area contributed by atoms with Crippen molar-refractivity contribution in [2.75, 3.05) is 14.2 Å². The lowest BCUT2D eigenvalue weighted by atomic mass is 9.94. The second kappa shape index (κ2) is 15.3. The molecule has 0 saturated carbocycles. The summed E-state index contributed by atoms with van der Waals surface area (Å²) in [5.74, 6) is -0.914. The van der Waals surface area contributed by atoms with E-state index in [1.54, 1.807) is 52.3 Å². The molecular weight excluding hydrogens is 459 g/mol. The number of hydrogen-bond donors (Lipinski definition) is 4. The SMILES string of the molecule is COc1ccc([C@@H](C)[C@@H](N)C(=O)O)cc1.COc1ccc([C@H](C)[C@H](N)C(=O)O)cc1.Cl.Cl. The summed E-state index contributed by atoms with van der Waals surface area (Å²) in [6, 6.07) is 12.7. The highest BCUT2D eigenvalue weighted by molar-refractivity contribution is 5.85. The van der Waals surface area contributed by atoms with Gasteiger partial charge in [-0.3, -0.25) is 9.59 Å². The quantitative estimate of drug-likeness (QED) is 0.440. The van der Waals surface area contributed by atoms with E-state index in [-0.39, 0.29) is 36.6 Å². The fourth-order valence-corrected chi connectivity index (χ4v) is 2.66. The predicted octanol–water partition coefficient (Wildman–Crippen LogP) is 3.26. The van der Waals surface area contributed by atoms with Gasteiger partial charge in [0.2, 0.25) is 0 Å². The number of carboxylic acid groups (broad SMARTS) is 2. The molecule has 0 heterocycles. The van der Waals surface area contributed by atoms with E-state index in [9.17, 15) is 9.59 Å². The molecule has 2 rings (SSSR count). The first-order valence-corrected chi connectivity index (χ1v) is 9.37. The maximum absolute atomic E-state index is 10.7. The predicted molar refractivity (Wildman–Crippen MR) is 129 cm³/mol. The lowest BCUT2D eigenvalue weighted by molar-refractivity contribution is -0.139. The van der Waals surface area contributed by atoms with E-state index in [2.05, 4.69) is 0 Å². The third-order valence-electron chi connectivity index (χ3n) is 4.93. The van der Waals surface area contributed by atoms with Crippen molar-refractivity contribution in [3.8, 4) is 11.5 Å². The van der Waals surface area contributed by atoms with Gasteiger partial charge >= 0.3 is 11.9 Å². The number of methoxy groups -OCH3 is 2. The molecular formula is C22H32Cl2N2O6. The lowest BCUT2D eigenvalue weighted by Gasteiger charge is -2.16.